The van der Waals surface area contributed by atoms with E-state index in [-0.39, 0.29) is 0 Å². The van der Waals surface area contributed by atoms with Crippen LogP contribution in [0.5, 0.6) is 5.75 Å². The van der Waals surface area contributed by atoms with Gasteiger partial charge in [0.05, 0.1) is 0 Å². The third-order valence-electron chi connectivity index (χ3n) is 4.92. The van der Waals surface area contributed by atoms with E-state index in [1.54, 1.807) is 12.1 Å². The molecule has 0 atom stereocenters. The largest absolute Gasteiger partial charge is 0.508 e. The lowest BCUT2D eigenvalue weighted by Gasteiger charge is -2.07. The summed E-state index contributed by atoms with van der Waals surface area (Å²) < 4.78 is 0. The van der Waals surface area contributed by atoms with Gasteiger partial charge in [-0.3, -0.25) is 0 Å². The van der Waals surface area contributed by atoms with E-state index >= 15 is 0 Å². The van der Waals surface area contributed by atoms with E-state index in [0.29, 0.717) is 5.75 Å². The molecule has 3 rings (SSSR count). The van der Waals surface area contributed by atoms with Gasteiger partial charge in [-0.1, -0.05) is 81.5 Å². The van der Waals surface area contributed by atoms with Crippen LogP contribution in [-0.4, -0.2) is 5.11 Å². The summed E-state index contributed by atoms with van der Waals surface area (Å²) in [5, 5.41) is 12.0. The van der Waals surface area contributed by atoms with E-state index in [2.05, 4.69) is 43.3 Å². The number of phenols is 1. The van der Waals surface area contributed by atoms with Crippen LogP contribution in [0.1, 0.15) is 51.0 Å². The van der Waals surface area contributed by atoms with Crippen LogP contribution in [0.3, 0.4) is 0 Å². The molecule has 1 nitrogen and oxygen atoms in total. The predicted octanol–water partition coefficient (Wildman–Crippen LogP) is 7.12. The molecule has 0 aliphatic rings. The molecule has 0 radical (unpaired) electrons. The van der Waals surface area contributed by atoms with Crippen molar-refractivity contribution in [2.75, 3.05) is 0 Å². The van der Waals surface area contributed by atoms with E-state index in [0.717, 1.165) is 5.56 Å². The van der Waals surface area contributed by atoms with Gasteiger partial charge in [0, 0.05) is 0 Å². The van der Waals surface area contributed by atoms with Crippen LogP contribution in [0.15, 0.2) is 60.7 Å². The Balaban J connectivity index is 1.65. The van der Waals surface area contributed by atoms with Crippen molar-refractivity contribution in [1.29, 1.82) is 0 Å². The SMILES string of the molecule is CCCCCCCCc1ccc2cc(-c3ccc(O)cc3)ccc2c1. The number of aromatic hydroxyl groups is 1. The second-order valence-corrected chi connectivity index (χ2v) is 6.96. The molecule has 0 heterocycles. The van der Waals surface area contributed by atoms with Crippen molar-refractivity contribution >= 4 is 10.8 Å². The van der Waals surface area contributed by atoms with Crippen LogP contribution in [0.4, 0.5) is 0 Å². The van der Waals surface area contributed by atoms with Gasteiger partial charge in [-0.2, -0.15) is 0 Å². The molecule has 0 amide bonds. The molecule has 3 aromatic carbocycles. The second kappa shape index (κ2) is 8.71. The topological polar surface area (TPSA) is 20.2 Å². The Morgan fingerprint density at radius 1 is 0.640 bits per heavy atom. The van der Waals surface area contributed by atoms with Gasteiger partial charge < -0.3 is 5.11 Å². The highest BCUT2D eigenvalue weighted by Crippen LogP contribution is 2.27. The Morgan fingerprint density at radius 2 is 1.28 bits per heavy atom. The van der Waals surface area contributed by atoms with Crippen LogP contribution in [-0.2, 0) is 6.42 Å². The maximum Gasteiger partial charge on any atom is 0.115 e. The molecular weight excluding hydrogens is 304 g/mol. The van der Waals surface area contributed by atoms with Gasteiger partial charge in [-0.25, -0.2) is 0 Å². The van der Waals surface area contributed by atoms with Gasteiger partial charge in [-0.15, -0.1) is 0 Å². The van der Waals surface area contributed by atoms with Gasteiger partial charge in [0.15, 0.2) is 0 Å². The third kappa shape index (κ3) is 4.85. The van der Waals surface area contributed by atoms with E-state index in [1.807, 2.05) is 12.1 Å². The van der Waals surface area contributed by atoms with Crippen molar-refractivity contribution in [3.8, 4) is 16.9 Å². The number of rotatable bonds is 8. The van der Waals surface area contributed by atoms with Crippen molar-refractivity contribution in [1.82, 2.24) is 0 Å². The third-order valence-corrected chi connectivity index (χ3v) is 4.92. The Kier molecular flexibility index (Phi) is 6.11. The number of benzene rings is 3. The van der Waals surface area contributed by atoms with Gasteiger partial charge in [-0.05, 0) is 58.5 Å². The molecule has 3 aromatic rings. The van der Waals surface area contributed by atoms with E-state index in [1.165, 1.54) is 66.8 Å². The fourth-order valence-electron chi connectivity index (χ4n) is 3.39. The fraction of sp³-hybridized carbons (Fsp3) is 0.333. The minimum absolute atomic E-state index is 0.309. The highest BCUT2D eigenvalue weighted by molar-refractivity contribution is 5.87. The van der Waals surface area contributed by atoms with Crippen LogP contribution in [0.2, 0.25) is 0 Å². The lowest BCUT2D eigenvalue weighted by Crippen LogP contribution is -1.87. The molecule has 0 bridgehead atoms. The first-order valence-corrected chi connectivity index (χ1v) is 9.58. The molecule has 0 aliphatic carbocycles. The van der Waals surface area contributed by atoms with Gasteiger partial charge in [0.2, 0.25) is 0 Å². The summed E-state index contributed by atoms with van der Waals surface area (Å²) in [7, 11) is 0. The number of fused-ring (bicyclic) bond motifs is 1. The summed E-state index contributed by atoms with van der Waals surface area (Å²) in [4.78, 5) is 0. The van der Waals surface area contributed by atoms with Crippen LogP contribution < -0.4 is 0 Å². The summed E-state index contributed by atoms with van der Waals surface area (Å²) in [5.74, 6) is 0.309. The van der Waals surface area contributed by atoms with Crippen molar-refractivity contribution in [2.45, 2.75) is 51.9 Å². The highest BCUT2D eigenvalue weighted by Gasteiger charge is 2.02. The normalized spacial score (nSPS) is 11.1. The minimum Gasteiger partial charge on any atom is -0.508 e. The molecule has 0 fully saturated rings. The van der Waals surface area contributed by atoms with E-state index in [9.17, 15) is 5.11 Å². The summed E-state index contributed by atoms with van der Waals surface area (Å²) in [5.41, 5.74) is 3.77. The lowest BCUT2D eigenvalue weighted by atomic mass is 9.98. The Labute approximate surface area is 151 Å². The fourth-order valence-corrected chi connectivity index (χ4v) is 3.39. The first-order chi connectivity index (χ1) is 12.3. The highest BCUT2D eigenvalue weighted by atomic mass is 16.3. The van der Waals surface area contributed by atoms with Crippen molar-refractivity contribution in [2.24, 2.45) is 0 Å². The molecule has 0 saturated carbocycles. The molecule has 130 valence electrons. The standard InChI is InChI=1S/C24H28O/c1-2-3-4-5-6-7-8-19-9-10-23-18-22(12-11-21(23)17-19)20-13-15-24(25)16-14-20/h9-18,25H,2-8H2,1H3. The number of hydrogen-bond acceptors (Lipinski definition) is 1. The quantitative estimate of drug-likeness (QED) is 0.435. The Morgan fingerprint density at radius 3 is 2.08 bits per heavy atom. The van der Waals surface area contributed by atoms with Crippen LogP contribution in [0.25, 0.3) is 21.9 Å². The number of unbranched alkanes of at least 4 members (excludes halogenated alkanes) is 5. The molecule has 0 aromatic heterocycles. The second-order valence-electron chi connectivity index (χ2n) is 6.96. The molecule has 0 saturated heterocycles. The zero-order chi connectivity index (χ0) is 17.5. The summed E-state index contributed by atoms with van der Waals surface area (Å²) in [6, 6.07) is 20.9. The molecule has 1 N–H and O–H groups in total. The predicted molar refractivity (Wildman–Crippen MR) is 108 cm³/mol. The zero-order valence-corrected chi connectivity index (χ0v) is 15.2. The molecule has 0 spiro atoms. The van der Waals surface area contributed by atoms with E-state index in [4.69, 9.17) is 0 Å². The maximum atomic E-state index is 9.44. The molecular formula is C24H28O. The van der Waals surface area contributed by atoms with Gasteiger partial charge in [0.1, 0.15) is 5.75 Å². The molecule has 0 aliphatic heterocycles. The summed E-state index contributed by atoms with van der Waals surface area (Å²) in [6.45, 7) is 2.27. The first-order valence-electron chi connectivity index (χ1n) is 9.58. The van der Waals surface area contributed by atoms with Crippen LogP contribution >= 0.6 is 0 Å². The summed E-state index contributed by atoms with van der Waals surface area (Å²) in [6.07, 6.45) is 9.27. The first kappa shape index (κ1) is 17.5. The van der Waals surface area contributed by atoms with Gasteiger partial charge in [0.25, 0.3) is 0 Å². The number of hydrogen-bond donors (Lipinski definition) is 1. The number of phenolic OH excluding ortho intramolecular Hbond substituents is 1. The van der Waals surface area contributed by atoms with E-state index < -0.39 is 0 Å². The maximum absolute atomic E-state index is 9.44. The minimum atomic E-state index is 0.309. The monoisotopic (exact) mass is 332 g/mol. The van der Waals surface area contributed by atoms with Crippen molar-refractivity contribution < 1.29 is 5.11 Å². The molecule has 0 unspecified atom stereocenters. The average molecular weight is 332 g/mol. The average Bonchev–Trinajstić information content (AvgIpc) is 2.65. The summed E-state index contributed by atoms with van der Waals surface area (Å²) >= 11 is 0. The Bertz CT molecular complexity index is 802. The number of aryl methyl sites for hydroxylation is 1. The molecule has 25 heavy (non-hydrogen) atoms. The zero-order valence-electron chi connectivity index (χ0n) is 15.2. The van der Waals surface area contributed by atoms with Gasteiger partial charge >= 0.3 is 0 Å². The smallest absolute Gasteiger partial charge is 0.115 e. The van der Waals surface area contributed by atoms with Crippen molar-refractivity contribution in [3.63, 3.8) is 0 Å². The lowest BCUT2D eigenvalue weighted by molar-refractivity contribution is 0.475. The van der Waals surface area contributed by atoms with Crippen LogP contribution in [0, 0.1) is 0 Å². The molecule has 1 heteroatoms. The van der Waals surface area contributed by atoms with Crippen molar-refractivity contribution in [3.05, 3.63) is 66.2 Å². The Hall–Kier alpha value is -2.28.